The highest BCUT2D eigenvalue weighted by atomic mass is 16.2. The van der Waals surface area contributed by atoms with Gasteiger partial charge in [0.15, 0.2) is 0 Å². The molecular weight excluding hydrogens is 360 g/mol. The van der Waals surface area contributed by atoms with Gasteiger partial charge in [0.25, 0.3) is 5.91 Å². The van der Waals surface area contributed by atoms with E-state index in [1.54, 1.807) is 6.20 Å². The van der Waals surface area contributed by atoms with Crippen LogP contribution in [0.4, 0.5) is 0 Å². The van der Waals surface area contributed by atoms with Crippen LogP contribution in [-0.4, -0.2) is 31.9 Å². The van der Waals surface area contributed by atoms with Gasteiger partial charge >= 0.3 is 0 Å². The first-order chi connectivity index (χ1) is 14.2. The number of para-hydroxylation sites is 1. The lowest BCUT2D eigenvalue weighted by Crippen LogP contribution is -2.33. The molecule has 0 fully saturated rings. The summed E-state index contributed by atoms with van der Waals surface area (Å²) in [4.78, 5) is 24.1. The van der Waals surface area contributed by atoms with Crippen LogP contribution < -0.4 is 0 Å². The molecule has 0 aliphatic rings. The standard InChI is InChI=1S/C24H24N4O/c1-27-17-15-25-23(27)18-28(16-7-10-19-8-3-2-4-9-19)24(29)22-14-13-20-11-5-6-12-21(20)26-22/h2-6,8-9,11-15,17H,7,10,16,18H2,1H3. The lowest BCUT2D eigenvalue weighted by molar-refractivity contribution is 0.0730. The number of pyridine rings is 1. The van der Waals surface area contributed by atoms with E-state index in [-0.39, 0.29) is 5.91 Å². The second-order valence-corrected chi connectivity index (χ2v) is 7.16. The van der Waals surface area contributed by atoms with E-state index in [0.717, 1.165) is 29.6 Å². The molecule has 5 nitrogen and oxygen atoms in total. The van der Waals surface area contributed by atoms with Gasteiger partial charge in [-0.15, -0.1) is 0 Å². The van der Waals surface area contributed by atoms with Gasteiger partial charge in [0.05, 0.1) is 12.1 Å². The lowest BCUT2D eigenvalue weighted by Gasteiger charge is -2.22. The fourth-order valence-electron chi connectivity index (χ4n) is 3.44. The Kier molecular flexibility index (Phi) is 5.66. The molecule has 0 aliphatic carbocycles. The maximum Gasteiger partial charge on any atom is 0.272 e. The first kappa shape index (κ1) is 18.9. The summed E-state index contributed by atoms with van der Waals surface area (Å²) in [5.41, 5.74) is 2.58. The van der Waals surface area contributed by atoms with Crippen molar-refractivity contribution in [3.05, 3.63) is 96.2 Å². The number of aryl methyl sites for hydroxylation is 2. The van der Waals surface area contributed by atoms with Gasteiger partial charge in [0.1, 0.15) is 11.5 Å². The SMILES string of the molecule is Cn1ccnc1CN(CCCc1ccccc1)C(=O)c1ccc2ccccc2n1. The summed E-state index contributed by atoms with van der Waals surface area (Å²) >= 11 is 0. The van der Waals surface area contributed by atoms with Gasteiger partial charge in [-0.1, -0.05) is 54.6 Å². The highest BCUT2D eigenvalue weighted by Gasteiger charge is 2.19. The number of nitrogens with zero attached hydrogens (tertiary/aromatic N) is 4. The van der Waals surface area contributed by atoms with Crippen LogP contribution in [0.25, 0.3) is 10.9 Å². The quantitative estimate of drug-likeness (QED) is 0.479. The number of hydrogen-bond acceptors (Lipinski definition) is 3. The first-order valence-corrected chi connectivity index (χ1v) is 9.86. The van der Waals surface area contributed by atoms with E-state index in [0.29, 0.717) is 18.8 Å². The Morgan fingerprint density at radius 1 is 1.00 bits per heavy atom. The monoisotopic (exact) mass is 384 g/mol. The molecule has 0 radical (unpaired) electrons. The molecule has 2 aromatic carbocycles. The number of fused-ring (bicyclic) bond motifs is 1. The highest BCUT2D eigenvalue weighted by Crippen LogP contribution is 2.15. The second kappa shape index (κ2) is 8.69. The summed E-state index contributed by atoms with van der Waals surface area (Å²) in [6.45, 7) is 1.11. The Bertz CT molecular complexity index is 1100. The van der Waals surface area contributed by atoms with Crippen LogP contribution >= 0.6 is 0 Å². The number of imidazole rings is 1. The predicted octanol–water partition coefficient (Wildman–Crippen LogP) is 4.24. The summed E-state index contributed by atoms with van der Waals surface area (Å²) in [5.74, 6) is 0.797. The first-order valence-electron chi connectivity index (χ1n) is 9.86. The smallest absolute Gasteiger partial charge is 0.272 e. The van der Waals surface area contributed by atoms with Gasteiger partial charge in [0.2, 0.25) is 0 Å². The molecule has 4 aromatic rings. The van der Waals surface area contributed by atoms with Gasteiger partial charge < -0.3 is 9.47 Å². The van der Waals surface area contributed by atoms with Crippen molar-refractivity contribution in [2.75, 3.05) is 6.54 Å². The van der Waals surface area contributed by atoms with E-state index in [2.05, 4.69) is 22.1 Å². The van der Waals surface area contributed by atoms with E-state index in [9.17, 15) is 4.79 Å². The number of benzene rings is 2. The third-order valence-electron chi connectivity index (χ3n) is 5.09. The molecule has 146 valence electrons. The molecule has 0 saturated carbocycles. The predicted molar refractivity (Wildman–Crippen MR) is 114 cm³/mol. The van der Waals surface area contributed by atoms with E-state index < -0.39 is 0 Å². The third-order valence-corrected chi connectivity index (χ3v) is 5.09. The van der Waals surface area contributed by atoms with Crippen molar-refractivity contribution in [3.8, 4) is 0 Å². The normalized spacial score (nSPS) is 10.9. The molecule has 5 heteroatoms. The summed E-state index contributed by atoms with van der Waals surface area (Å²) in [7, 11) is 1.95. The number of rotatable bonds is 7. The Labute approximate surface area is 170 Å². The minimum absolute atomic E-state index is 0.0631. The largest absolute Gasteiger partial charge is 0.337 e. The van der Waals surface area contributed by atoms with Crippen molar-refractivity contribution in [2.24, 2.45) is 7.05 Å². The van der Waals surface area contributed by atoms with Crippen molar-refractivity contribution in [1.82, 2.24) is 19.4 Å². The molecule has 0 spiro atoms. The zero-order valence-electron chi connectivity index (χ0n) is 16.5. The summed E-state index contributed by atoms with van der Waals surface area (Å²) in [5, 5.41) is 1.03. The summed E-state index contributed by atoms with van der Waals surface area (Å²) < 4.78 is 1.95. The van der Waals surface area contributed by atoms with Crippen LogP contribution in [0.5, 0.6) is 0 Å². The average molecular weight is 384 g/mol. The number of carbonyl (C=O) groups excluding carboxylic acids is 1. The molecular formula is C24H24N4O. The zero-order chi connectivity index (χ0) is 20.1. The summed E-state index contributed by atoms with van der Waals surface area (Å²) in [6.07, 6.45) is 5.47. The van der Waals surface area contributed by atoms with Crippen LogP contribution in [0, 0.1) is 0 Å². The molecule has 2 aromatic heterocycles. The van der Waals surface area contributed by atoms with Crippen molar-refractivity contribution >= 4 is 16.8 Å². The maximum atomic E-state index is 13.3. The van der Waals surface area contributed by atoms with Crippen LogP contribution in [0.15, 0.2) is 79.1 Å². The van der Waals surface area contributed by atoms with Gasteiger partial charge in [0, 0.05) is 31.4 Å². The number of aromatic nitrogens is 3. The van der Waals surface area contributed by atoms with Gasteiger partial charge in [-0.3, -0.25) is 4.79 Å². The molecule has 2 heterocycles. The molecule has 0 bridgehead atoms. The highest BCUT2D eigenvalue weighted by molar-refractivity contribution is 5.94. The minimum atomic E-state index is -0.0631. The third kappa shape index (κ3) is 4.51. The summed E-state index contributed by atoms with van der Waals surface area (Å²) in [6, 6.07) is 22.0. The lowest BCUT2D eigenvalue weighted by atomic mass is 10.1. The number of amides is 1. The Hall–Kier alpha value is -3.47. The second-order valence-electron chi connectivity index (χ2n) is 7.16. The Morgan fingerprint density at radius 3 is 2.59 bits per heavy atom. The molecule has 0 aliphatic heterocycles. The maximum absolute atomic E-state index is 13.3. The van der Waals surface area contributed by atoms with Crippen LogP contribution in [0.1, 0.15) is 28.3 Å². The van der Waals surface area contributed by atoms with E-state index in [1.807, 2.05) is 77.3 Å². The fourth-order valence-corrected chi connectivity index (χ4v) is 3.44. The van der Waals surface area contributed by atoms with Crippen molar-refractivity contribution in [2.45, 2.75) is 19.4 Å². The van der Waals surface area contributed by atoms with E-state index in [1.165, 1.54) is 5.56 Å². The van der Waals surface area contributed by atoms with Crippen LogP contribution in [0.2, 0.25) is 0 Å². The van der Waals surface area contributed by atoms with Crippen LogP contribution in [-0.2, 0) is 20.0 Å². The molecule has 0 unspecified atom stereocenters. The molecule has 29 heavy (non-hydrogen) atoms. The van der Waals surface area contributed by atoms with Crippen molar-refractivity contribution in [1.29, 1.82) is 0 Å². The molecule has 1 amide bonds. The zero-order valence-corrected chi connectivity index (χ0v) is 16.5. The van der Waals surface area contributed by atoms with Gasteiger partial charge in [-0.25, -0.2) is 9.97 Å². The van der Waals surface area contributed by atoms with Gasteiger partial charge in [-0.2, -0.15) is 0 Å². The van der Waals surface area contributed by atoms with Crippen LogP contribution in [0.3, 0.4) is 0 Å². The molecule has 0 N–H and O–H groups in total. The van der Waals surface area contributed by atoms with Crippen molar-refractivity contribution in [3.63, 3.8) is 0 Å². The fraction of sp³-hybridized carbons (Fsp3) is 0.208. The van der Waals surface area contributed by atoms with Gasteiger partial charge in [-0.05, 0) is 30.5 Å². The number of hydrogen-bond donors (Lipinski definition) is 0. The van der Waals surface area contributed by atoms with E-state index in [4.69, 9.17) is 0 Å². The average Bonchev–Trinajstić information content (AvgIpc) is 3.17. The molecule has 0 atom stereocenters. The topological polar surface area (TPSA) is 51.0 Å². The number of carbonyl (C=O) groups is 1. The van der Waals surface area contributed by atoms with Crippen molar-refractivity contribution < 1.29 is 4.79 Å². The minimum Gasteiger partial charge on any atom is -0.337 e. The van der Waals surface area contributed by atoms with E-state index >= 15 is 0 Å². The Morgan fingerprint density at radius 2 is 1.79 bits per heavy atom. The molecule has 0 saturated heterocycles. The Balaban J connectivity index is 1.54. The molecule has 4 rings (SSSR count).